The van der Waals surface area contributed by atoms with Gasteiger partial charge in [-0.25, -0.2) is 23.1 Å². The first-order chi connectivity index (χ1) is 17.8. The number of nitrogens with zero attached hydrogens (tertiary/aromatic N) is 2. The maximum atomic E-state index is 13.0. The Morgan fingerprint density at radius 3 is 2.43 bits per heavy atom. The van der Waals surface area contributed by atoms with Gasteiger partial charge in [-0.1, -0.05) is 12.1 Å². The van der Waals surface area contributed by atoms with Crippen molar-refractivity contribution in [2.45, 2.75) is 36.1 Å². The summed E-state index contributed by atoms with van der Waals surface area (Å²) >= 11 is 0. The van der Waals surface area contributed by atoms with Crippen LogP contribution in [0.2, 0.25) is 0 Å². The van der Waals surface area contributed by atoms with Crippen LogP contribution in [-0.4, -0.2) is 68.9 Å². The summed E-state index contributed by atoms with van der Waals surface area (Å²) in [6.07, 6.45) is 0.810. The van der Waals surface area contributed by atoms with Gasteiger partial charge in [0.15, 0.2) is 0 Å². The van der Waals surface area contributed by atoms with E-state index in [-0.39, 0.29) is 29.6 Å². The molecule has 1 aromatic heterocycles. The molecule has 4 atom stereocenters. The van der Waals surface area contributed by atoms with E-state index in [9.17, 15) is 13.2 Å². The molecule has 0 aliphatic carbocycles. The van der Waals surface area contributed by atoms with Crippen LogP contribution in [0.15, 0.2) is 65.7 Å². The van der Waals surface area contributed by atoms with Crippen molar-refractivity contribution in [2.24, 2.45) is 0 Å². The van der Waals surface area contributed by atoms with Crippen molar-refractivity contribution in [1.29, 1.82) is 0 Å². The van der Waals surface area contributed by atoms with Crippen molar-refractivity contribution in [3.63, 3.8) is 0 Å². The second-order valence-electron chi connectivity index (χ2n) is 8.75. The highest BCUT2D eigenvalue weighted by Gasteiger charge is 2.49. The number of ether oxygens (including phenoxy) is 3. The summed E-state index contributed by atoms with van der Waals surface area (Å²) in [5.41, 5.74) is 2.06. The molecule has 2 aliphatic rings. The Labute approximate surface area is 214 Å². The van der Waals surface area contributed by atoms with E-state index in [1.807, 2.05) is 24.3 Å². The average Bonchev–Trinajstić information content (AvgIpc) is 3.47. The Balaban J connectivity index is 1.25. The molecule has 0 saturated carbocycles. The number of rotatable bonds is 8. The molecule has 5 rings (SSSR count). The van der Waals surface area contributed by atoms with Gasteiger partial charge < -0.3 is 24.8 Å². The van der Waals surface area contributed by atoms with Gasteiger partial charge in [0.2, 0.25) is 21.9 Å². The standard InChI is InChI=1S/C25H27N5O6S/c1-15(31)27-16-7-9-17(10-8-16)37(32,33)30-21-14-36-23-20(13-35-24(21)23)29-25-26-12-11-19(28-25)18-5-3-4-6-22(18)34-2/h3-12,20-21,23-24,30H,13-14H2,1-2H3,(H,27,31)(H,26,28,29)/t20-,21-,23+,24+/m0/s1. The predicted molar refractivity (Wildman–Crippen MR) is 136 cm³/mol. The van der Waals surface area contributed by atoms with Gasteiger partial charge in [-0.15, -0.1) is 0 Å². The molecule has 12 heteroatoms. The summed E-state index contributed by atoms with van der Waals surface area (Å²) in [7, 11) is -2.22. The lowest BCUT2D eigenvalue weighted by Gasteiger charge is -2.19. The molecule has 2 fully saturated rings. The lowest BCUT2D eigenvalue weighted by molar-refractivity contribution is -0.114. The third-order valence-electron chi connectivity index (χ3n) is 6.20. The van der Waals surface area contributed by atoms with Crippen molar-refractivity contribution in [1.82, 2.24) is 14.7 Å². The number of para-hydroxylation sites is 1. The number of hydrogen-bond acceptors (Lipinski definition) is 9. The third kappa shape index (κ3) is 5.42. The van der Waals surface area contributed by atoms with E-state index in [0.717, 1.165) is 5.56 Å². The Kier molecular flexibility index (Phi) is 7.07. The predicted octanol–water partition coefficient (Wildman–Crippen LogP) is 2.04. The van der Waals surface area contributed by atoms with Gasteiger partial charge in [0.25, 0.3) is 0 Å². The molecular formula is C25H27N5O6S. The van der Waals surface area contributed by atoms with E-state index < -0.39 is 22.2 Å². The van der Waals surface area contributed by atoms with E-state index >= 15 is 0 Å². The van der Waals surface area contributed by atoms with Crippen LogP contribution in [0.5, 0.6) is 5.75 Å². The second kappa shape index (κ2) is 10.4. The first-order valence-corrected chi connectivity index (χ1v) is 13.2. The summed E-state index contributed by atoms with van der Waals surface area (Å²) < 4.78 is 45.9. The minimum Gasteiger partial charge on any atom is -0.496 e. The first-order valence-electron chi connectivity index (χ1n) is 11.7. The van der Waals surface area contributed by atoms with Crippen LogP contribution < -0.4 is 20.1 Å². The average molecular weight is 526 g/mol. The fraction of sp³-hybridized carbons (Fsp3) is 0.320. The van der Waals surface area contributed by atoms with Gasteiger partial charge in [0.05, 0.1) is 43.0 Å². The number of hydrogen-bond donors (Lipinski definition) is 3. The molecule has 0 radical (unpaired) electrons. The molecule has 2 saturated heterocycles. The monoisotopic (exact) mass is 525 g/mol. The number of benzene rings is 2. The van der Waals surface area contributed by atoms with Gasteiger partial charge in [0.1, 0.15) is 18.0 Å². The number of anilines is 2. The lowest BCUT2D eigenvalue weighted by Crippen LogP contribution is -2.44. The van der Waals surface area contributed by atoms with Gasteiger partial charge in [0, 0.05) is 24.4 Å². The first kappa shape index (κ1) is 25.1. The van der Waals surface area contributed by atoms with Crippen molar-refractivity contribution < 1.29 is 27.4 Å². The van der Waals surface area contributed by atoms with Crippen molar-refractivity contribution >= 4 is 27.6 Å². The molecule has 1 amide bonds. The topological polar surface area (TPSA) is 141 Å². The Morgan fingerprint density at radius 2 is 1.70 bits per heavy atom. The van der Waals surface area contributed by atoms with Crippen molar-refractivity contribution in [3.8, 4) is 17.0 Å². The fourth-order valence-corrected chi connectivity index (χ4v) is 5.74. The molecule has 0 spiro atoms. The van der Waals surface area contributed by atoms with Gasteiger partial charge in [-0.05, 0) is 42.5 Å². The molecule has 0 unspecified atom stereocenters. The summed E-state index contributed by atoms with van der Waals surface area (Å²) in [6.45, 7) is 1.86. The largest absolute Gasteiger partial charge is 0.496 e. The zero-order valence-electron chi connectivity index (χ0n) is 20.2. The van der Waals surface area contributed by atoms with Crippen LogP contribution in [0.25, 0.3) is 11.3 Å². The molecule has 3 heterocycles. The minimum absolute atomic E-state index is 0.0827. The van der Waals surface area contributed by atoms with Crippen LogP contribution in [0.4, 0.5) is 11.6 Å². The normalized spacial score (nSPS) is 22.9. The van der Waals surface area contributed by atoms with Crippen molar-refractivity contribution in [2.75, 3.05) is 31.0 Å². The van der Waals surface area contributed by atoms with Crippen LogP contribution in [0.3, 0.4) is 0 Å². The molecule has 194 valence electrons. The molecule has 3 N–H and O–H groups in total. The highest BCUT2D eigenvalue weighted by Crippen LogP contribution is 2.31. The Morgan fingerprint density at radius 1 is 1.00 bits per heavy atom. The number of carbonyl (C=O) groups excluding carboxylic acids is 1. The number of nitrogens with one attached hydrogen (secondary N) is 3. The molecule has 2 aliphatic heterocycles. The maximum Gasteiger partial charge on any atom is 0.240 e. The van der Waals surface area contributed by atoms with Crippen molar-refractivity contribution in [3.05, 3.63) is 60.8 Å². The van der Waals surface area contributed by atoms with Gasteiger partial charge in [-0.3, -0.25) is 4.79 Å². The molecule has 3 aromatic rings. The van der Waals surface area contributed by atoms with E-state index in [0.29, 0.717) is 29.7 Å². The SMILES string of the molecule is COc1ccccc1-c1ccnc(N[C@H]2CO[C@H]3[C@@H]2OC[C@@H]3NS(=O)(=O)c2ccc(NC(C)=O)cc2)n1. The lowest BCUT2D eigenvalue weighted by atomic mass is 10.1. The molecule has 0 bridgehead atoms. The molecule has 2 aromatic carbocycles. The van der Waals surface area contributed by atoms with Crippen LogP contribution in [0, 0.1) is 0 Å². The Hall–Kier alpha value is -3.58. The fourth-order valence-electron chi connectivity index (χ4n) is 4.51. The quantitative estimate of drug-likeness (QED) is 0.403. The van der Waals surface area contributed by atoms with Gasteiger partial charge in [-0.2, -0.15) is 0 Å². The van der Waals surface area contributed by atoms with E-state index in [4.69, 9.17) is 14.2 Å². The number of amides is 1. The van der Waals surface area contributed by atoms with E-state index in [1.165, 1.54) is 31.2 Å². The zero-order valence-corrected chi connectivity index (χ0v) is 21.1. The van der Waals surface area contributed by atoms with Crippen LogP contribution >= 0.6 is 0 Å². The number of carbonyl (C=O) groups is 1. The smallest absolute Gasteiger partial charge is 0.240 e. The summed E-state index contributed by atoms with van der Waals surface area (Å²) in [4.78, 5) is 20.2. The highest BCUT2D eigenvalue weighted by atomic mass is 32.2. The summed E-state index contributed by atoms with van der Waals surface area (Å²) in [5.74, 6) is 0.876. The van der Waals surface area contributed by atoms with Crippen LogP contribution in [0.1, 0.15) is 6.92 Å². The summed E-state index contributed by atoms with van der Waals surface area (Å²) in [5, 5.41) is 5.88. The highest BCUT2D eigenvalue weighted by molar-refractivity contribution is 7.89. The van der Waals surface area contributed by atoms with Crippen LogP contribution in [-0.2, 0) is 24.3 Å². The van der Waals surface area contributed by atoms with E-state index in [2.05, 4.69) is 25.3 Å². The number of sulfonamides is 1. The molecular weight excluding hydrogens is 498 g/mol. The van der Waals surface area contributed by atoms with Gasteiger partial charge >= 0.3 is 0 Å². The maximum absolute atomic E-state index is 13.0. The van der Waals surface area contributed by atoms with E-state index in [1.54, 1.807) is 19.4 Å². The third-order valence-corrected chi connectivity index (χ3v) is 7.70. The Bertz CT molecular complexity index is 1380. The number of fused-ring (bicyclic) bond motifs is 1. The molecule has 11 nitrogen and oxygen atoms in total. The molecule has 37 heavy (non-hydrogen) atoms. The number of aromatic nitrogens is 2. The summed E-state index contributed by atoms with van der Waals surface area (Å²) in [6, 6.07) is 14.5. The zero-order chi connectivity index (χ0) is 26.0. The minimum atomic E-state index is -3.83. The second-order valence-corrected chi connectivity index (χ2v) is 10.5. The number of methoxy groups -OCH3 is 1.